The molecule has 2 aliphatic heterocycles. The van der Waals surface area contributed by atoms with Gasteiger partial charge in [-0.3, -0.25) is 9.59 Å². The molecule has 2 heterocycles. The van der Waals surface area contributed by atoms with Gasteiger partial charge in [-0.1, -0.05) is 41.5 Å². The number of rotatable bonds is 0. The van der Waals surface area contributed by atoms with Crippen LogP contribution in [0.3, 0.4) is 0 Å². The van der Waals surface area contributed by atoms with E-state index in [4.69, 9.17) is 0 Å². The van der Waals surface area contributed by atoms with Crippen molar-refractivity contribution in [1.82, 2.24) is 9.80 Å². The van der Waals surface area contributed by atoms with Crippen LogP contribution in [0.25, 0.3) is 0 Å². The summed E-state index contributed by atoms with van der Waals surface area (Å²) in [6, 6.07) is 0. The van der Waals surface area contributed by atoms with E-state index < -0.39 is 0 Å². The maximum atomic E-state index is 11.7. The summed E-state index contributed by atoms with van der Waals surface area (Å²) in [5.41, 5.74) is -0.387. The lowest BCUT2D eigenvalue weighted by atomic mass is 9.93. The summed E-state index contributed by atoms with van der Waals surface area (Å²) < 4.78 is 0. The van der Waals surface area contributed by atoms with Crippen LogP contribution in [0.4, 0.5) is 0 Å². The largest absolute Gasteiger partial charge is 0.342 e. The van der Waals surface area contributed by atoms with Crippen molar-refractivity contribution in [2.45, 2.75) is 73.6 Å². The van der Waals surface area contributed by atoms with Crippen LogP contribution in [0.15, 0.2) is 0 Å². The van der Waals surface area contributed by atoms with E-state index in [1.807, 2.05) is 51.3 Å². The van der Waals surface area contributed by atoms with Crippen LogP contribution in [0, 0.1) is 10.8 Å². The van der Waals surface area contributed by atoms with Crippen LogP contribution >= 0.6 is 0 Å². The number of carbonyl (C=O) groups is 2. The van der Waals surface area contributed by atoms with Gasteiger partial charge in [0.2, 0.25) is 11.8 Å². The fourth-order valence-corrected chi connectivity index (χ4v) is 2.97. The Balaban J connectivity index is 0.000000231. The van der Waals surface area contributed by atoms with Gasteiger partial charge in [-0.25, -0.2) is 0 Å². The van der Waals surface area contributed by atoms with Gasteiger partial charge in [0.1, 0.15) is 0 Å². The summed E-state index contributed by atoms with van der Waals surface area (Å²) in [7, 11) is 0. The fraction of sp³-hybridized carbons (Fsp3) is 0.895. The molecule has 2 rings (SSSR count). The number of amides is 2. The van der Waals surface area contributed by atoms with Crippen LogP contribution < -0.4 is 0 Å². The Hall–Kier alpha value is -1.06. The van der Waals surface area contributed by atoms with Crippen LogP contribution in [0.1, 0.15) is 73.6 Å². The Morgan fingerprint density at radius 2 is 0.826 bits per heavy atom. The Morgan fingerprint density at radius 3 is 1.09 bits per heavy atom. The monoisotopic (exact) mass is 324 g/mol. The summed E-state index contributed by atoms with van der Waals surface area (Å²) in [4.78, 5) is 27.3. The summed E-state index contributed by atoms with van der Waals surface area (Å²) in [5, 5.41) is 0. The van der Waals surface area contributed by atoms with Gasteiger partial charge >= 0.3 is 0 Å². The first-order valence-corrected chi connectivity index (χ1v) is 9.12. The molecule has 0 atom stereocenters. The van der Waals surface area contributed by atoms with Crippen LogP contribution in [-0.4, -0.2) is 47.8 Å². The number of carbonyl (C=O) groups excluding carboxylic acids is 2. The average Bonchev–Trinajstić information content (AvgIpc) is 2.99. The summed E-state index contributed by atoms with van der Waals surface area (Å²) >= 11 is 0. The number of hydrogen-bond donors (Lipinski definition) is 0. The maximum Gasteiger partial charge on any atom is 0.227 e. The van der Waals surface area contributed by atoms with Crippen LogP contribution in [-0.2, 0) is 9.59 Å². The average molecular weight is 325 g/mol. The lowest BCUT2D eigenvalue weighted by Crippen LogP contribution is -2.42. The Bertz CT molecular complexity index is 393. The Kier molecular flexibility index (Phi) is 7.09. The first-order valence-electron chi connectivity index (χ1n) is 9.12. The summed E-state index contributed by atoms with van der Waals surface area (Å²) in [6.07, 6.45) is 6.02. The standard InChI is InChI=1S/C10H19NO.C9H17NO/c1-10(2,3)9(12)11-7-5-4-6-8-11;1-9(2,3)8(11)10-6-4-5-7-10/h4-8H2,1-3H3;4-7H2,1-3H3. The smallest absolute Gasteiger partial charge is 0.227 e. The minimum absolute atomic E-state index is 0.190. The van der Waals surface area contributed by atoms with Crippen molar-refractivity contribution in [3.63, 3.8) is 0 Å². The highest BCUT2D eigenvalue weighted by Crippen LogP contribution is 2.21. The van der Waals surface area contributed by atoms with Crippen molar-refractivity contribution in [2.75, 3.05) is 26.2 Å². The molecule has 2 fully saturated rings. The zero-order valence-electron chi connectivity index (χ0n) is 16.1. The van der Waals surface area contributed by atoms with E-state index in [0.29, 0.717) is 11.8 Å². The van der Waals surface area contributed by atoms with E-state index in [2.05, 4.69) is 0 Å². The highest BCUT2D eigenvalue weighted by molar-refractivity contribution is 5.82. The molecule has 23 heavy (non-hydrogen) atoms. The molecular formula is C19H36N2O2. The van der Waals surface area contributed by atoms with E-state index in [1.54, 1.807) is 0 Å². The van der Waals surface area contributed by atoms with Gasteiger partial charge in [0.25, 0.3) is 0 Å². The zero-order chi connectivity index (χ0) is 17.7. The van der Waals surface area contributed by atoms with Crippen molar-refractivity contribution >= 4 is 11.8 Å². The molecule has 4 heteroatoms. The highest BCUT2D eigenvalue weighted by Gasteiger charge is 2.29. The number of piperidine rings is 1. The van der Waals surface area contributed by atoms with Gasteiger partial charge in [0.05, 0.1) is 0 Å². The van der Waals surface area contributed by atoms with Gasteiger partial charge in [0, 0.05) is 37.0 Å². The molecule has 0 spiro atoms. The number of nitrogens with zero attached hydrogens (tertiary/aromatic N) is 2. The first-order chi connectivity index (χ1) is 10.5. The molecular weight excluding hydrogens is 288 g/mol. The highest BCUT2D eigenvalue weighted by atomic mass is 16.2. The third kappa shape index (κ3) is 6.52. The quantitative estimate of drug-likeness (QED) is 0.681. The lowest BCUT2D eigenvalue weighted by Gasteiger charge is -2.32. The predicted octanol–water partition coefficient (Wildman–Crippen LogP) is 3.70. The van der Waals surface area contributed by atoms with Gasteiger partial charge in [-0.15, -0.1) is 0 Å². The molecule has 0 aromatic heterocycles. The normalized spacial score (nSPS) is 19.2. The van der Waals surface area contributed by atoms with Crippen molar-refractivity contribution in [3.05, 3.63) is 0 Å². The molecule has 2 amide bonds. The van der Waals surface area contributed by atoms with Gasteiger partial charge < -0.3 is 9.80 Å². The fourth-order valence-electron chi connectivity index (χ4n) is 2.97. The van der Waals surface area contributed by atoms with E-state index in [0.717, 1.165) is 26.2 Å². The molecule has 0 aliphatic carbocycles. The second kappa shape index (κ2) is 8.16. The predicted molar refractivity (Wildman–Crippen MR) is 95.2 cm³/mol. The van der Waals surface area contributed by atoms with Crippen molar-refractivity contribution in [1.29, 1.82) is 0 Å². The minimum atomic E-state index is -0.197. The molecule has 134 valence electrons. The van der Waals surface area contributed by atoms with Crippen LogP contribution in [0.2, 0.25) is 0 Å². The number of likely N-dealkylation sites (tertiary alicyclic amines) is 2. The lowest BCUT2D eigenvalue weighted by molar-refractivity contribution is -0.140. The molecule has 0 radical (unpaired) electrons. The summed E-state index contributed by atoms with van der Waals surface area (Å²) in [5.74, 6) is 0.609. The van der Waals surface area contributed by atoms with Gasteiger partial charge in [-0.2, -0.15) is 0 Å². The molecule has 0 aromatic carbocycles. The first kappa shape index (κ1) is 20.0. The third-order valence-electron chi connectivity index (χ3n) is 4.32. The van der Waals surface area contributed by atoms with E-state index in [9.17, 15) is 9.59 Å². The second-order valence-electron chi connectivity index (χ2n) is 8.85. The maximum absolute atomic E-state index is 11.7. The molecule has 0 N–H and O–H groups in total. The molecule has 2 aliphatic rings. The van der Waals surface area contributed by atoms with Crippen molar-refractivity contribution in [2.24, 2.45) is 10.8 Å². The third-order valence-corrected chi connectivity index (χ3v) is 4.32. The number of hydrogen-bond acceptors (Lipinski definition) is 2. The molecule has 0 bridgehead atoms. The molecule has 0 saturated carbocycles. The molecule has 2 saturated heterocycles. The second-order valence-corrected chi connectivity index (χ2v) is 8.85. The molecule has 0 unspecified atom stereocenters. The van der Waals surface area contributed by atoms with Crippen LogP contribution in [0.5, 0.6) is 0 Å². The SMILES string of the molecule is CC(C)(C)C(=O)N1CCCC1.CC(C)(C)C(=O)N1CCCCC1. The zero-order valence-corrected chi connectivity index (χ0v) is 16.1. The topological polar surface area (TPSA) is 40.6 Å². The van der Waals surface area contributed by atoms with Crippen molar-refractivity contribution in [3.8, 4) is 0 Å². The van der Waals surface area contributed by atoms with Crippen molar-refractivity contribution < 1.29 is 9.59 Å². The Labute approximate surface area is 142 Å². The Morgan fingerprint density at radius 1 is 0.565 bits per heavy atom. The molecule has 4 nitrogen and oxygen atoms in total. The van der Waals surface area contributed by atoms with E-state index >= 15 is 0 Å². The summed E-state index contributed by atoms with van der Waals surface area (Å²) in [6.45, 7) is 15.8. The van der Waals surface area contributed by atoms with E-state index in [-0.39, 0.29) is 10.8 Å². The molecule has 0 aromatic rings. The minimum Gasteiger partial charge on any atom is -0.342 e. The van der Waals surface area contributed by atoms with E-state index in [1.165, 1.54) is 32.1 Å². The van der Waals surface area contributed by atoms with Gasteiger partial charge in [-0.05, 0) is 32.1 Å². The van der Waals surface area contributed by atoms with Gasteiger partial charge in [0.15, 0.2) is 0 Å².